The molecule has 0 fully saturated rings. The van der Waals surface area contributed by atoms with Crippen LogP contribution in [0, 0.1) is 0 Å². The topological polar surface area (TPSA) is 126 Å². The summed E-state index contributed by atoms with van der Waals surface area (Å²) in [5.74, 6) is 0. The molecule has 0 aliphatic rings. The van der Waals surface area contributed by atoms with Gasteiger partial charge in [-0.2, -0.15) is 9.59 Å². The zero-order valence-corrected chi connectivity index (χ0v) is 8.99. The van der Waals surface area contributed by atoms with E-state index in [2.05, 4.69) is 0 Å². The molecule has 0 aliphatic carbocycles. The van der Waals surface area contributed by atoms with Gasteiger partial charge in [-0.3, -0.25) is 0 Å². The molecule has 0 aliphatic heterocycles. The Labute approximate surface area is 94.2 Å². The smallest absolute Gasteiger partial charge is 0.373 e. The van der Waals surface area contributed by atoms with Crippen molar-refractivity contribution in [1.82, 2.24) is 0 Å². The molecule has 0 unspecified atom stereocenters. The second kappa shape index (κ2) is 22.6. The molecule has 0 rings (SSSR count). The van der Waals surface area contributed by atoms with Crippen molar-refractivity contribution in [2.75, 3.05) is 0 Å². The van der Waals surface area contributed by atoms with Crippen LogP contribution in [-0.4, -0.2) is 20.4 Å². The average Bonchev–Trinajstić information content (AvgIpc) is 1.27. The third-order valence-corrected chi connectivity index (χ3v) is 0. The largest absolute Gasteiger partial charge is 0.412 e. The summed E-state index contributed by atoms with van der Waals surface area (Å²) in [5, 5.41) is 0. The van der Waals surface area contributed by atoms with Crippen molar-refractivity contribution in [1.29, 1.82) is 0 Å². The molecule has 4 N–H and O–H groups in total. The number of alkyl halides is 4. The van der Waals surface area contributed by atoms with Gasteiger partial charge < -0.3 is 11.0 Å². The van der Waals surface area contributed by atoms with Crippen molar-refractivity contribution in [3.63, 3.8) is 0 Å². The molecular formula is C2H5Cl5O5. The third-order valence-electron chi connectivity index (χ3n) is 0. The molecule has 0 saturated heterocycles. The van der Waals surface area contributed by atoms with Crippen LogP contribution < -0.4 is 0 Å². The van der Waals surface area contributed by atoms with E-state index in [9.17, 15) is 0 Å². The lowest BCUT2D eigenvalue weighted by Crippen LogP contribution is -1.81. The van der Waals surface area contributed by atoms with Gasteiger partial charge in [0, 0.05) is 5.48 Å². The molecule has 2 radical (unpaired) electrons. The summed E-state index contributed by atoms with van der Waals surface area (Å²) in [6, 6.07) is 0. The number of hydrogen-bond donors (Lipinski definition) is 0. The highest BCUT2D eigenvalue weighted by atomic mass is 35.6. The van der Waals surface area contributed by atoms with Crippen LogP contribution in [0.4, 0.5) is 0 Å². The second-order valence-corrected chi connectivity index (χ2v) is 3.94. The van der Waals surface area contributed by atoms with Crippen LogP contribution in [0.1, 0.15) is 0 Å². The first kappa shape index (κ1) is 38.7. The van der Waals surface area contributed by atoms with Gasteiger partial charge in [0.25, 0.3) is 3.25 Å². The molecule has 0 amide bonds. The van der Waals surface area contributed by atoms with E-state index in [0.717, 1.165) is 0 Å². The first-order valence-electron chi connectivity index (χ1n) is 1.16. The third kappa shape index (κ3) is 2000. The summed E-state index contributed by atoms with van der Waals surface area (Å²) in [7, 11) is 0. The minimum Gasteiger partial charge on any atom is -0.412 e. The van der Waals surface area contributed by atoms with Gasteiger partial charge in [-0.1, -0.05) is 46.4 Å². The summed E-state index contributed by atoms with van der Waals surface area (Å²) in [6.07, 6.45) is 0.250. The van der Waals surface area contributed by atoms with E-state index >= 15 is 0 Å². The normalized spacial score (nSPS) is 5.67. The zero-order chi connectivity index (χ0) is 7.21. The molecule has 5 nitrogen and oxygen atoms in total. The average molecular weight is 286 g/mol. The molecule has 12 heavy (non-hydrogen) atoms. The van der Waals surface area contributed by atoms with Gasteiger partial charge in [-0.25, -0.2) is 0 Å². The Hall–Kier alpha value is 0.710. The Morgan fingerprint density at radius 1 is 0.917 bits per heavy atom. The SMILES string of the molecule is Cl.ClC(Cl)(Cl)Cl.O.O.O=C=O.[O]. The summed E-state index contributed by atoms with van der Waals surface area (Å²) >= 11 is 19.3. The minimum atomic E-state index is -1.61. The lowest BCUT2D eigenvalue weighted by atomic mass is 11.8. The summed E-state index contributed by atoms with van der Waals surface area (Å²) in [4.78, 5) is 16.2. The first-order chi connectivity index (χ1) is 3.41. The van der Waals surface area contributed by atoms with Crippen molar-refractivity contribution < 1.29 is 26.0 Å². The summed E-state index contributed by atoms with van der Waals surface area (Å²) in [5.41, 5.74) is 0. The van der Waals surface area contributed by atoms with E-state index in [-0.39, 0.29) is 35.0 Å². The zero-order valence-electron chi connectivity index (χ0n) is 5.14. The molecule has 0 aromatic heterocycles. The maximum atomic E-state index is 8.12. The van der Waals surface area contributed by atoms with Crippen molar-refractivity contribution in [3.8, 4) is 0 Å². The minimum absolute atomic E-state index is 0. The van der Waals surface area contributed by atoms with E-state index in [4.69, 9.17) is 56.0 Å². The number of rotatable bonds is 0. The quantitative estimate of drug-likeness (QED) is 0.605. The van der Waals surface area contributed by atoms with Crippen LogP contribution in [0.15, 0.2) is 0 Å². The van der Waals surface area contributed by atoms with Crippen molar-refractivity contribution in [2.24, 2.45) is 0 Å². The predicted molar refractivity (Wildman–Crippen MR) is 46.3 cm³/mol. The van der Waals surface area contributed by atoms with Gasteiger partial charge in [0.1, 0.15) is 0 Å². The molecule has 0 aromatic carbocycles. The monoisotopic (exact) mass is 284 g/mol. The van der Waals surface area contributed by atoms with Crippen molar-refractivity contribution in [3.05, 3.63) is 0 Å². The van der Waals surface area contributed by atoms with E-state index in [1.54, 1.807) is 0 Å². The van der Waals surface area contributed by atoms with E-state index in [1.807, 2.05) is 0 Å². The van der Waals surface area contributed by atoms with Crippen molar-refractivity contribution >= 4 is 65.0 Å². The standard InChI is InChI=1S/CCl4.CO2.ClH.2H2O.O/c2-1(3,4)5;2-1-3;;;;/h;;1H;2*1H2;. The number of carbonyl (C=O) groups excluding carboxylic acids is 2. The van der Waals surface area contributed by atoms with Crippen LogP contribution in [0.5, 0.6) is 0 Å². The lowest BCUT2D eigenvalue weighted by Gasteiger charge is -1.91. The fourth-order valence-electron chi connectivity index (χ4n) is 0. The van der Waals surface area contributed by atoms with Gasteiger partial charge in [0.15, 0.2) is 0 Å². The fraction of sp³-hybridized carbons (Fsp3) is 0.500. The molecule has 0 aromatic rings. The van der Waals surface area contributed by atoms with Gasteiger partial charge in [-0.15, -0.1) is 12.4 Å². The fourth-order valence-corrected chi connectivity index (χ4v) is 0. The Kier molecular flexibility index (Phi) is 72.9. The highest BCUT2D eigenvalue weighted by Gasteiger charge is 2.11. The molecule has 78 valence electrons. The molecule has 0 bridgehead atoms. The Bertz CT molecular complexity index is 78.3. The van der Waals surface area contributed by atoms with Gasteiger partial charge >= 0.3 is 6.15 Å². The number of halogens is 5. The van der Waals surface area contributed by atoms with Crippen molar-refractivity contribution in [2.45, 2.75) is 3.25 Å². The summed E-state index contributed by atoms with van der Waals surface area (Å²) < 4.78 is -1.61. The Morgan fingerprint density at radius 3 is 0.917 bits per heavy atom. The van der Waals surface area contributed by atoms with Crippen LogP contribution in [0.2, 0.25) is 0 Å². The highest BCUT2D eigenvalue weighted by molar-refractivity contribution is 6.83. The second-order valence-electron chi connectivity index (χ2n) is 0.512. The van der Waals surface area contributed by atoms with E-state index in [1.165, 1.54) is 0 Å². The molecule has 10 heteroatoms. The molecule has 0 heterocycles. The Balaban J connectivity index is -0.0000000119. The maximum Gasteiger partial charge on any atom is 0.373 e. The van der Waals surface area contributed by atoms with Gasteiger partial charge in [0.2, 0.25) is 0 Å². The van der Waals surface area contributed by atoms with Gasteiger partial charge in [-0.05, 0) is 0 Å². The lowest BCUT2D eigenvalue weighted by molar-refractivity contribution is -0.191. The van der Waals surface area contributed by atoms with Crippen LogP contribution >= 0.6 is 58.8 Å². The summed E-state index contributed by atoms with van der Waals surface area (Å²) in [6.45, 7) is 0. The van der Waals surface area contributed by atoms with E-state index in [0.29, 0.717) is 0 Å². The molecular weight excluding hydrogens is 281 g/mol. The maximum absolute atomic E-state index is 8.12. The highest BCUT2D eigenvalue weighted by Crippen LogP contribution is 2.29. The van der Waals surface area contributed by atoms with Crippen LogP contribution in [-0.2, 0) is 15.1 Å². The first-order valence-corrected chi connectivity index (χ1v) is 2.68. The van der Waals surface area contributed by atoms with E-state index < -0.39 is 3.25 Å². The Morgan fingerprint density at radius 2 is 0.917 bits per heavy atom. The van der Waals surface area contributed by atoms with Gasteiger partial charge in [0.05, 0.1) is 0 Å². The van der Waals surface area contributed by atoms with Crippen LogP contribution in [0.25, 0.3) is 0 Å². The number of hydrogen-bond acceptors (Lipinski definition) is 2. The molecule has 0 spiro atoms. The predicted octanol–water partition coefficient (Wildman–Crippen LogP) is 0.623. The molecule has 0 atom stereocenters. The van der Waals surface area contributed by atoms with Crippen LogP contribution in [0.3, 0.4) is 0 Å². The molecule has 0 saturated carbocycles.